The van der Waals surface area contributed by atoms with Gasteiger partial charge in [-0.25, -0.2) is 4.98 Å². The number of carbonyl (C=O) groups excluding carboxylic acids is 2. The summed E-state index contributed by atoms with van der Waals surface area (Å²) in [5, 5.41) is 2.72. The van der Waals surface area contributed by atoms with Gasteiger partial charge in [0.15, 0.2) is 0 Å². The van der Waals surface area contributed by atoms with Crippen molar-refractivity contribution >= 4 is 11.7 Å². The average molecular weight is 224 g/mol. The number of rotatable bonds is 5. The fourth-order valence-electron chi connectivity index (χ4n) is 1.24. The highest BCUT2D eigenvalue weighted by atomic mass is 16.4. The van der Waals surface area contributed by atoms with Gasteiger partial charge in [-0.15, -0.1) is 0 Å². The Labute approximate surface area is 94.2 Å². The number of nitrogens with one attached hydrogen (secondary N) is 1. The summed E-state index contributed by atoms with van der Waals surface area (Å²) in [5.41, 5.74) is 0. The van der Waals surface area contributed by atoms with Crippen LogP contribution in [0.25, 0.3) is 0 Å². The SMILES string of the molecule is CC(=O)CCC(=O)NC(C)c1ncc(C)o1. The zero-order valence-electron chi connectivity index (χ0n) is 9.74. The lowest BCUT2D eigenvalue weighted by Gasteiger charge is -2.09. The van der Waals surface area contributed by atoms with Gasteiger partial charge in [0.25, 0.3) is 0 Å². The molecule has 5 nitrogen and oxygen atoms in total. The third-order valence-corrected chi connectivity index (χ3v) is 2.09. The first kappa shape index (κ1) is 12.4. The summed E-state index contributed by atoms with van der Waals surface area (Å²) in [6.45, 7) is 5.05. The van der Waals surface area contributed by atoms with Crippen LogP contribution in [0.1, 0.15) is 44.4 Å². The van der Waals surface area contributed by atoms with E-state index in [0.29, 0.717) is 11.7 Å². The third kappa shape index (κ3) is 3.84. The minimum absolute atomic E-state index is 0.00905. The van der Waals surface area contributed by atoms with Crippen LogP contribution < -0.4 is 5.32 Å². The van der Waals surface area contributed by atoms with Gasteiger partial charge in [-0.1, -0.05) is 0 Å². The molecule has 1 atom stereocenters. The van der Waals surface area contributed by atoms with Gasteiger partial charge in [0.05, 0.1) is 6.20 Å². The van der Waals surface area contributed by atoms with Crippen LogP contribution in [0.15, 0.2) is 10.6 Å². The predicted octanol–water partition coefficient (Wildman–Crippen LogP) is 1.53. The second kappa shape index (κ2) is 5.44. The molecule has 0 aliphatic carbocycles. The average Bonchev–Trinajstić information content (AvgIpc) is 2.62. The van der Waals surface area contributed by atoms with Crippen molar-refractivity contribution in [3.63, 3.8) is 0 Å². The topological polar surface area (TPSA) is 72.2 Å². The monoisotopic (exact) mass is 224 g/mol. The van der Waals surface area contributed by atoms with E-state index in [2.05, 4.69) is 10.3 Å². The Hall–Kier alpha value is -1.65. The summed E-state index contributed by atoms with van der Waals surface area (Å²) in [4.78, 5) is 26.1. The highest BCUT2D eigenvalue weighted by Crippen LogP contribution is 2.11. The van der Waals surface area contributed by atoms with Crippen molar-refractivity contribution in [2.45, 2.75) is 39.7 Å². The summed E-state index contributed by atoms with van der Waals surface area (Å²) in [5.74, 6) is 1.03. The molecule has 1 amide bonds. The Kier molecular flexibility index (Phi) is 4.22. The van der Waals surface area contributed by atoms with Gasteiger partial charge in [0.2, 0.25) is 11.8 Å². The van der Waals surface area contributed by atoms with Gasteiger partial charge in [-0.3, -0.25) is 4.79 Å². The molecule has 1 aromatic heterocycles. The van der Waals surface area contributed by atoms with Gasteiger partial charge < -0.3 is 14.5 Å². The van der Waals surface area contributed by atoms with Crippen LogP contribution in [0, 0.1) is 6.92 Å². The number of Topliss-reactive ketones (excluding diaryl/α,β-unsaturated/α-hetero) is 1. The summed E-state index contributed by atoms with van der Waals surface area (Å²) >= 11 is 0. The lowest BCUT2D eigenvalue weighted by Crippen LogP contribution is -2.26. The highest BCUT2D eigenvalue weighted by molar-refractivity contribution is 5.83. The molecule has 1 unspecified atom stereocenters. The molecular formula is C11H16N2O3. The Balaban J connectivity index is 2.42. The van der Waals surface area contributed by atoms with E-state index in [1.54, 1.807) is 20.0 Å². The summed E-state index contributed by atoms with van der Waals surface area (Å²) in [7, 11) is 0. The fourth-order valence-corrected chi connectivity index (χ4v) is 1.24. The van der Waals surface area contributed by atoms with E-state index in [4.69, 9.17) is 4.42 Å². The van der Waals surface area contributed by atoms with Gasteiger partial charge in [0.1, 0.15) is 17.6 Å². The van der Waals surface area contributed by atoms with Crippen LogP contribution >= 0.6 is 0 Å². The molecule has 1 heterocycles. The first-order valence-corrected chi connectivity index (χ1v) is 5.20. The Morgan fingerprint density at radius 1 is 1.50 bits per heavy atom. The van der Waals surface area contributed by atoms with Crippen molar-refractivity contribution in [3.8, 4) is 0 Å². The maximum absolute atomic E-state index is 11.4. The Morgan fingerprint density at radius 2 is 2.19 bits per heavy atom. The first-order chi connectivity index (χ1) is 7.49. The number of aryl methyl sites for hydroxylation is 1. The quantitative estimate of drug-likeness (QED) is 0.823. The molecule has 1 N–H and O–H groups in total. The van der Waals surface area contributed by atoms with E-state index < -0.39 is 0 Å². The number of nitrogens with zero attached hydrogens (tertiary/aromatic N) is 1. The molecule has 0 bridgehead atoms. The molecule has 5 heteroatoms. The van der Waals surface area contributed by atoms with Crippen molar-refractivity contribution in [3.05, 3.63) is 17.8 Å². The van der Waals surface area contributed by atoms with Crippen molar-refractivity contribution in [2.24, 2.45) is 0 Å². The van der Waals surface area contributed by atoms with Crippen molar-refractivity contribution in [1.29, 1.82) is 0 Å². The van der Waals surface area contributed by atoms with Crippen LogP contribution in [0.4, 0.5) is 0 Å². The van der Waals surface area contributed by atoms with E-state index in [-0.39, 0.29) is 30.6 Å². The molecule has 0 aliphatic heterocycles. The van der Waals surface area contributed by atoms with Gasteiger partial charge in [-0.2, -0.15) is 0 Å². The molecule has 1 rings (SSSR count). The zero-order chi connectivity index (χ0) is 12.1. The lowest BCUT2D eigenvalue weighted by atomic mass is 10.2. The van der Waals surface area contributed by atoms with Gasteiger partial charge in [0, 0.05) is 12.8 Å². The molecule has 0 aromatic carbocycles. The molecule has 0 saturated carbocycles. The molecule has 1 aromatic rings. The van der Waals surface area contributed by atoms with Gasteiger partial charge >= 0.3 is 0 Å². The highest BCUT2D eigenvalue weighted by Gasteiger charge is 2.14. The van der Waals surface area contributed by atoms with E-state index in [9.17, 15) is 9.59 Å². The molecule has 0 fully saturated rings. The van der Waals surface area contributed by atoms with E-state index in [0.717, 1.165) is 0 Å². The number of hydrogen-bond donors (Lipinski definition) is 1. The molecule has 16 heavy (non-hydrogen) atoms. The molecule has 0 saturated heterocycles. The van der Waals surface area contributed by atoms with Gasteiger partial charge in [-0.05, 0) is 20.8 Å². The van der Waals surface area contributed by atoms with Crippen molar-refractivity contribution in [1.82, 2.24) is 10.3 Å². The number of carbonyl (C=O) groups is 2. The third-order valence-electron chi connectivity index (χ3n) is 2.09. The first-order valence-electron chi connectivity index (χ1n) is 5.20. The number of ketones is 1. The minimum Gasteiger partial charge on any atom is -0.444 e. The maximum Gasteiger partial charge on any atom is 0.221 e. The van der Waals surface area contributed by atoms with Crippen LogP contribution in [0.3, 0.4) is 0 Å². The van der Waals surface area contributed by atoms with Crippen molar-refractivity contribution < 1.29 is 14.0 Å². The second-order valence-corrected chi connectivity index (χ2v) is 3.80. The predicted molar refractivity (Wildman–Crippen MR) is 57.7 cm³/mol. The normalized spacial score (nSPS) is 12.2. The molecule has 0 radical (unpaired) electrons. The zero-order valence-corrected chi connectivity index (χ0v) is 9.74. The summed E-state index contributed by atoms with van der Waals surface area (Å²) in [6.07, 6.45) is 2.08. The van der Waals surface area contributed by atoms with E-state index in [1.807, 2.05) is 0 Å². The number of hydrogen-bond acceptors (Lipinski definition) is 4. The smallest absolute Gasteiger partial charge is 0.221 e. The van der Waals surface area contributed by atoms with E-state index >= 15 is 0 Å². The number of amides is 1. The van der Waals surface area contributed by atoms with Crippen LogP contribution in [-0.4, -0.2) is 16.7 Å². The fraction of sp³-hybridized carbons (Fsp3) is 0.545. The number of aromatic nitrogens is 1. The van der Waals surface area contributed by atoms with Crippen LogP contribution in [0.5, 0.6) is 0 Å². The second-order valence-electron chi connectivity index (χ2n) is 3.80. The number of oxazole rings is 1. The molecule has 88 valence electrons. The van der Waals surface area contributed by atoms with Crippen LogP contribution in [0.2, 0.25) is 0 Å². The van der Waals surface area contributed by atoms with E-state index in [1.165, 1.54) is 6.92 Å². The van der Waals surface area contributed by atoms with Crippen LogP contribution in [-0.2, 0) is 9.59 Å². The molecule has 0 spiro atoms. The summed E-state index contributed by atoms with van der Waals surface area (Å²) < 4.78 is 5.28. The summed E-state index contributed by atoms with van der Waals surface area (Å²) in [6, 6.07) is -0.270. The molecule has 0 aliphatic rings. The largest absolute Gasteiger partial charge is 0.444 e. The maximum atomic E-state index is 11.4. The van der Waals surface area contributed by atoms with Crippen molar-refractivity contribution in [2.75, 3.05) is 0 Å². The molecular weight excluding hydrogens is 208 g/mol. The standard InChI is InChI=1S/C11H16N2O3/c1-7(14)4-5-10(15)13-9(3)11-12-6-8(2)16-11/h6,9H,4-5H2,1-3H3,(H,13,15). The Bertz CT molecular complexity index is 384. The Morgan fingerprint density at radius 3 is 2.69 bits per heavy atom. The lowest BCUT2D eigenvalue weighted by molar-refractivity contribution is -0.125. The minimum atomic E-state index is -0.270.